The summed E-state index contributed by atoms with van der Waals surface area (Å²) in [5.41, 5.74) is 1.48. The van der Waals surface area contributed by atoms with Crippen LogP contribution >= 0.6 is 22.6 Å². The van der Waals surface area contributed by atoms with E-state index < -0.39 is 0 Å². The molecule has 5 heteroatoms. The minimum atomic E-state index is -0.369. The number of halogens is 1. The summed E-state index contributed by atoms with van der Waals surface area (Å²) in [4.78, 5) is 15.8. The lowest BCUT2D eigenvalue weighted by molar-refractivity contribution is 0.0549. The number of hydrogen-bond donors (Lipinski definition) is 0. The van der Waals surface area contributed by atoms with Crippen LogP contribution in [0, 0.1) is 3.57 Å². The largest absolute Gasteiger partial charge is 0.488 e. The minimum Gasteiger partial charge on any atom is -0.488 e. The number of rotatable bonds is 6. The molecule has 1 heterocycles. The number of aromatic nitrogens is 1. The molecule has 0 aliphatic carbocycles. The van der Waals surface area contributed by atoms with Gasteiger partial charge in [-0.05, 0) is 46.9 Å². The zero-order valence-electron chi connectivity index (χ0n) is 11.3. The van der Waals surface area contributed by atoms with Crippen molar-refractivity contribution in [3.05, 3.63) is 70.1 Å². The molecule has 0 aliphatic heterocycles. The van der Waals surface area contributed by atoms with Crippen LogP contribution in [0.15, 0.2) is 55.4 Å². The Morgan fingerprint density at radius 2 is 2.24 bits per heavy atom. The Balaban J connectivity index is 2.02. The van der Waals surface area contributed by atoms with Gasteiger partial charge in [-0.15, -0.1) is 0 Å². The van der Waals surface area contributed by atoms with Gasteiger partial charge in [0.15, 0.2) is 0 Å². The summed E-state index contributed by atoms with van der Waals surface area (Å²) in [6, 6.07) is 9.00. The molecule has 2 rings (SSSR count). The van der Waals surface area contributed by atoms with E-state index in [1.165, 1.54) is 6.08 Å². The number of ether oxygens (including phenoxy) is 2. The first kappa shape index (κ1) is 15.5. The molecular formula is C16H14INO3. The Labute approximate surface area is 136 Å². The molecule has 0 bridgehead atoms. The summed E-state index contributed by atoms with van der Waals surface area (Å²) in [5, 5.41) is 0. The highest BCUT2D eigenvalue weighted by atomic mass is 127. The second-order valence-electron chi connectivity index (χ2n) is 4.18. The van der Waals surface area contributed by atoms with Gasteiger partial charge in [0.05, 0.1) is 9.13 Å². The predicted octanol–water partition coefficient (Wildman–Crippen LogP) is 3.61. The molecular weight excluding hydrogens is 381 g/mol. The van der Waals surface area contributed by atoms with Crippen LogP contribution in [0.25, 0.3) is 0 Å². The number of carbonyl (C=O) groups is 1. The highest BCUT2D eigenvalue weighted by molar-refractivity contribution is 14.1. The quantitative estimate of drug-likeness (QED) is 0.426. The molecule has 0 atom stereocenters. The lowest BCUT2D eigenvalue weighted by Crippen LogP contribution is -2.06. The van der Waals surface area contributed by atoms with E-state index in [4.69, 9.17) is 9.47 Å². The average molecular weight is 395 g/mol. The van der Waals surface area contributed by atoms with Crippen molar-refractivity contribution in [3.8, 4) is 5.75 Å². The van der Waals surface area contributed by atoms with Crippen molar-refractivity contribution >= 4 is 28.6 Å². The molecule has 4 nitrogen and oxygen atoms in total. The third kappa shape index (κ3) is 4.56. The molecule has 21 heavy (non-hydrogen) atoms. The smallest absolute Gasteiger partial charge is 0.338 e. The fourth-order valence-corrected chi connectivity index (χ4v) is 2.28. The van der Waals surface area contributed by atoms with Crippen LogP contribution in [-0.2, 0) is 11.3 Å². The highest BCUT2D eigenvalue weighted by Crippen LogP contribution is 2.23. The molecule has 0 saturated carbocycles. The van der Waals surface area contributed by atoms with Crippen LogP contribution in [0.1, 0.15) is 15.9 Å². The molecule has 0 unspecified atom stereocenters. The van der Waals surface area contributed by atoms with Gasteiger partial charge in [0.2, 0.25) is 0 Å². The predicted molar refractivity (Wildman–Crippen MR) is 88.2 cm³/mol. The molecule has 1 aromatic heterocycles. The monoisotopic (exact) mass is 395 g/mol. The van der Waals surface area contributed by atoms with Crippen molar-refractivity contribution in [1.29, 1.82) is 0 Å². The van der Waals surface area contributed by atoms with Crippen LogP contribution < -0.4 is 4.74 Å². The van der Waals surface area contributed by atoms with Gasteiger partial charge in [0.1, 0.15) is 19.0 Å². The van der Waals surface area contributed by atoms with E-state index >= 15 is 0 Å². The maximum Gasteiger partial charge on any atom is 0.338 e. The van der Waals surface area contributed by atoms with Gasteiger partial charge in [-0.1, -0.05) is 18.7 Å². The summed E-state index contributed by atoms with van der Waals surface area (Å²) >= 11 is 2.13. The van der Waals surface area contributed by atoms with Crippen LogP contribution in [0.5, 0.6) is 5.75 Å². The highest BCUT2D eigenvalue weighted by Gasteiger charge is 2.10. The molecule has 0 fully saturated rings. The molecule has 2 aromatic rings. The van der Waals surface area contributed by atoms with Gasteiger partial charge >= 0.3 is 5.97 Å². The van der Waals surface area contributed by atoms with Crippen molar-refractivity contribution in [1.82, 2.24) is 4.98 Å². The Morgan fingerprint density at radius 3 is 2.90 bits per heavy atom. The molecule has 0 saturated heterocycles. The van der Waals surface area contributed by atoms with Crippen LogP contribution in [-0.4, -0.2) is 17.6 Å². The molecule has 0 radical (unpaired) electrons. The second-order valence-corrected chi connectivity index (χ2v) is 5.34. The number of carbonyl (C=O) groups excluding carboxylic acids is 1. The second kappa shape index (κ2) is 7.78. The van der Waals surface area contributed by atoms with Gasteiger partial charge < -0.3 is 9.47 Å². The van der Waals surface area contributed by atoms with Gasteiger partial charge in [-0.25, -0.2) is 4.79 Å². The van der Waals surface area contributed by atoms with Crippen molar-refractivity contribution in [2.45, 2.75) is 6.61 Å². The number of pyridine rings is 1. The number of esters is 1. The van der Waals surface area contributed by atoms with Crippen LogP contribution in [0.2, 0.25) is 0 Å². The lowest BCUT2D eigenvalue weighted by Gasteiger charge is -2.09. The molecule has 0 aliphatic rings. The van der Waals surface area contributed by atoms with Crippen LogP contribution in [0.4, 0.5) is 0 Å². The Hall–Kier alpha value is -1.89. The van der Waals surface area contributed by atoms with E-state index in [2.05, 4.69) is 34.2 Å². The number of nitrogens with zero attached hydrogens (tertiary/aromatic N) is 1. The molecule has 0 N–H and O–H groups in total. The first-order valence-electron chi connectivity index (χ1n) is 6.30. The van der Waals surface area contributed by atoms with E-state index in [-0.39, 0.29) is 12.6 Å². The van der Waals surface area contributed by atoms with Crippen molar-refractivity contribution in [3.63, 3.8) is 0 Å². The molecule has 108 valence electrons. The Bertz CT molecular complexity index is 629. The summed E-state index contributed by atoms with van der Waals surface area (Å²) in [6.07, 6.45) is 5.01. The van der Waals surface area contributed by atoms with Crippen molar-refractivity contribution in [2.75, 3.05) is 6.61 Å². The minimum absolute atomic E-state index is 0.203. The van der Waals surface area contributed by atoms with Crippen molar-refractivity contribution < 1.29 is 14.3 Å². The Morgan fingerprint density at radius 1 is 1.38 bits per heavy atom. The topological polar surface area (TPSA) is 48.4 Å². The summed E-state index contributed by atoms with van der Waals surface area (Å²) in [5.74, 6) is 0.353. The summed E-state index contributed by atoms with van der Waals surface area (Å²) in [6.45, 7) is 4.14. The standard InChI is InChI=1S/C16H14INO3/c1-2-8-20-16(19)13-5-6-15(14(17)9-13)21-11-12-4-3-7-18-10-12/h2-7,9-10H,1,8,11H2. The SMILES string of the molecule is C=CCOC(=O)c1ccc(OCc2cccnc2)c(I)c1. The summed E-state index contributed by atoms with van der Waals surface area (Å²) in [7, 11) is 0. The Kier molecular flexibility index (Phi) is 5.74. The van der Waals surface area contributed by atoms with E-state index in [9.17, 15) is 4.79 Å². The van der Waals surface area contributed by atoms with Crippen LogP contribution in [0.3, 0.4) is 0 Å². The first-order chi connectivity index (χ1) is 10.2. The lowest BCUT2D eigenvalue weighted by atomic mass is 10.2. The van der Waals surface area contributed by atoms with Gasteiger partial charge in [-0.3, -0.25) is 4.98 Å². The first-order valence-corrected chi connectivity index (χ1v) is 7.38. The van der Waals surface area contributed by atoms with Gasteiger partial charge in [-0.2, -0.15) is 0 Å². The maximum atomic E-state index is 11.7. The fourth-order valence-electron chi connectivity index (χ4n) is 1.61. The maximum absolute atomic E-state index is 11.7. The van der Waals surface area contributed by atoms with Crippen molar-refractivity contribution in [2.24, 2.45) is 0 Å². The average Bonchev–Trinajstić information content (AvgIpc) is 2.52. The zero-order chi connectivity index (χ0) is 15.1. The van der Waals surface area contributed by atoms with E-state index in [0.717, 1.165) is 14.9 Å². The molecule has 0 spiro atoms. The zero-order valence-corrected chi connectivity index (χ0v) is 13.4. The van der Waals surface area contributed by atoms with Gasteiger partial charge in [0, 0.05) is 18.0 Å². The van der Waals surface area contributed by atoms with E-state index in [1.807, 2.05) is 12.1 Å². The van der Waals surface area contributed by atoms with E-state index in [0.29, 0.717) is 12.2 Å². The normalized spacial score (nSPS) is 9.95. The third-order valence-corrected chi connectivity index (χ3v) is 3.46. The number of benzene rings is 1. The molecule has 0 amide bonds. The van der Waals surface area contributed by atoms with Gasteiger partial charge in [0.25, 0.3) is 0 Å². The third-order valence-electron chi connectivity index (χ3n) is 2.62. The fraction of sp³-hybridized carbons (Fsp3) is 0.125. The number of hydrogen-bond acceptors (Lipinski definition) is 4. The summed E-state index contributed by atoms with van der Waals surface area (Å²) < 4.78 is 11.6. The van der Waals surface area contributed by atoms with E-state index in [1.54, 1.807) is 30.6 Å². The molecule has 1 aromatic carbocycles.